The molecule has 19 heavy (non-hydrogen) atoms. The van der Waals surface area contributed by atoms with Gasteiger partial charge in [0.2, 0.25) is 5.91 Å². The van der Waals surface area contributed by atoms with Crippen molar-refractivity contribution in [3.8, 4) is 0 Å². The van der Waals surface area contributed by atoms with Crippen LogP contribution in [0.5, 0.6) is 0 Å². The third-order valence-electron chi connectivity index (χ3n) is 2.58. The van der Waals surface area contributed by atoms with E-state index in [-0.39, 0.29) is 11.6 Å². The van der Waals surface area contributed by atoms with E-state index in [1.165, 1.54) is 17.0 Å². The van der Waals surface area contributed by atoms with Gasteiger partial charge in [-0.3, -0.25) is 14.9 Å². The summed E-state index contributed by atoms with van der Waals surface area (Å²) in [5, 5.41) is 14.0. The average Bonchev–Trinajstić information content (AvgIpc) is 2.35. The van der Waals surface area contributed by atoms with Crippen molar-refractivity contribution in [2.24, 2.45) is 0 Å². The van der Waals surface area contributed by atoms with E-state index in [9.17, 15) is 14.9 Å². The van der Waals surface area contributed by atoms with E-state index in [1.54, 1.807) is 20.2 Å². The standard InChI is InChI=1S/C12H16ClN3O3/c1-15(2)12(17)5-6-14-8-9-3-4-10(16(18)19)7-11(9)13/h3-4,7,14H,5-6,8H2,1-2H3. The lowest BCUT2D eigenvalue weighted by Gasteiger charge is -2.10. The van der Waals surface area contributed by atoms with Gasteiger partial charge in [-0.05, 0) is 11.6 Å². The minimum absolute atomic E-state index is 0.0310. The average molecular weight is 286 g/mol. The van der Waals surface area contributed by atoms with Crippen molar-refractivity contribution in [3.05, 3.63) is 38.9 Å². The van der Waals surface area contributed by atoms with Crippen LogP contribution in [-0.2, 0) is 11.3 Å². The number of non-ortho nitro benzene ring substituents is 1. The Labute approximate surface area is 116 Å². The van der Waals surface area contributed by atoms with Crippen LogP contribution in [0.25, 0.3) is 0 Å². The fourth-order valence-electron chi connectivity index (χ4n) is 1.44. The molecule has 0 aliphatic carbocycles. The normalized spacial score (nSPS) is 10.3. The Morgan fingerprint density at radius 2 is 2.16 bits per heavy atom. The molecular formula is C12H16ClN3O3. The van der Waals surface area contributed by atoms with Crippen LogP contribution in [0.3, 0.4) is 0 Å². The van der Waals surface area contributed by atoms with Gasteiger partial charge in [-0.1, -0.05) is 11.6 Å². The number of amides is 1. The molecule has 0 saturated heterocycles. The van der Waals surface area contributed by atoms with Crippen LogP contribution in [0.15, 0.2) is 18.2 Å². The van der Waals surface area contributed by atoms with Crippen LogP contribution in [0.1, 0.15) is 12.0 Å². The highest BCUT2D eigenvalue weighted by molar-refractivity contribution is 6.31. The van der Waals surface area contributed by atoms with E-state index in [0.29, 0.717) is 24.5 Å². The molecule has 1 aromatic rings. The topological polar surface area (TPSA) is 75.5 Å². The molecule has 0 radical (unpaired) electrons. The van der Waals surface area contributed by atoms with E-state index < -0.39 is 4.92 Å². The summed E-state index contributed by atoms with van der Waals surface area (Å²) in [6.07, 6.45) is 0.400. The highest BCUT2D eigenvalue weighted by Crippen LogP contribution is 2.22. The molecule has 0 spiro atoms. The maximum absolute atomic E-state index is 11.3. The molecule has 7 heteroatoms. The molecule has 1 rings (SSSR count). The number of benzene rings is 1. The van der Waals surface area contributed by atoms with Crippen molar-refractivity contribution in [1.29, 1.82) is 0 Å². The summed E-state index contributed by atoms with van der Waals surface area (Å²) in [5.41, 5.74) is 0.737. The first-order valence-electron chi connectivity index (χ1n) is 5.75. The van der Waals surface area contributed by atoms with Gasteiger partial charge in [0.1, 0.15) is 0 Å². The Morgan fingerprint density at radius 1 is 1.47 bits per heavy atom. The Bertz CT molecular complexity index is 477. The molecule has 104 valence electrons. The quantitative estimate of drug-likeness (QED) is 0.491. The number of nitro benzene ring substituents is 1. The maximum Gasteiger partial charge on any atom is 0.270 e. The zero-order valence-electron chi connectivity index (χ0n) is 10.9. The van der Waals surface area contributed by atoms with Gasteiger partial charge < -0.3 is 10.2 Å². The Kier molecular flexibility index (Phi) is 5.72. The van der Waals surface area contributed by atoms with Gasteiger partial charge in [0, 0.05) is 45.7 Å². The fourth-order valence-corrected chi connectivity index (χ4v) is 1.68. The van der Waals surface area contributed by atoms with Crippen LogP contribution in [0.4, 0.5) is 5.69 Å². The summed E-state index contributed by atoms with van der Waals surface area (Å²) in [6.45, 7) is 1.00. The SMILES string of the molecule is CN(C)C(=O)CCNCc1ccc([N+](=O)[O-])cc1Cl. The number of hydrogen-bond donors (Lipinski definition) is 1. The number of carbonyl (C=O) groups excluding carboxylic acids is 1. The molecule has 1 aromatic carbocycles. The number of carbonyl (C=O) groups is 1. The van der Waals surface area contributed by atoms with E-state index in [2.05, 4.69) is 5.32 Å². The first-order valence-corrected chi connectivity index (χ1v) is 6.13. The van der Waals surface area contributed by atoms with Crippen molar-refractivity contribution < 1.29 is 9.72 Å². The Morgan fingerprint density at radius 3 is 2.68 bits per heavy atom. The molecule has 0 fully saturated rings. The van der Waals surface area contributed by atoms with E-state index in [1.807, 2.05) is 0 Å². The second-order valence-electron chi connectivity index (χ2n) is 4.25. The number of rotatable bonds is 6. The summed E-state index contributed by atoms with van der Waals surface area (Å²) in [7, 11) is 3.41. The Hall–Kier alpha value is -1.66. The highest BCUT2D eigenvalue weighted by Gasteiger charge is 2.09. The lowest BCUT2D eigenvalue weighted by atomic mass is 10.2. The zero-order chi connectivity index (χ0) is 14.4. The second kappa shape index (κ2) is 7.06. The van der Waals surface area contributed by atoms with Gasteiger partial charge in [-0.15, -0.1) is 0 Å². The summed E-state index contributed by atoms with van der Waals surface area (Å²) < 4.78 is 0. The third kappa shape index (κ3) is 4.84. The fraction of sp³-hybridized carbons (Fsp3) is 0.417. The van der Waals surface area contributed by atoms with Gasteiger partial charge in [-0.2, -0.15) is 0 Å². The molecule has 0 saturated carbocycles. The van der Waals surface area contributed by atoms with Crippen molar-refractivity contribution in [2.75, 3.05) is 20.6 Å². The molecule has 0 heterocycles. The molecule has 0 aliphatic heterocycles. The largest absolute Gasteiger partial charge is 0.349 e. The number of nitrogens with one attached hydrogen (secondary N) is 1. The van der Waals surface area contributed by atoms with Crippen molar-refractivity contribution in [1.82, 2.24) is 10.2 Å². The minimum atomic E-state index is -0.487. The second-order valence-corrected chi connectivity index (χ2v) is 4.65. The van der Waals surface area contributed by atoms with Crippen molar-refractivity contribution >= 4 is 23.2 Å². The molecular weight excluding hydrogens is 270 g/mol. The first-order chi connectivity index (χ1) is 8.91. The number of hydrogen-bond acceptors (Lipinski definition) is 4. The van der Waals surface area contributed by atoms with Crippen LogP contribution in [-0.4, -0.2) is 36.4 Å². The smallest absolute Gasteiger partial charge is 0.270 e. The van der Waals surface area contributed by atoms with E-state index >= 15 is 0 Å². The monoisotopic (exact) mass is 285 g/mol. The Balaban J connectivity index is 2.46. The lowest BCUT2D eigenvalue weighted by Crippen LogP contribution is -2.26. The first kappa shape index (κ1) is 15.4. The zero-order valence-corrected chi connectivity index (χ0v) is 11.6. The summed E-state index contributed by atoms with van der Waals surface area (Å²) in [6, 6.07) is 4.35. The number of nitro groups is 1. The van der Waals surface area contributed by atoms with Crippen LogP contribution in [0.2, 0.25) is 5.02 Å². The van der Waals surface area contributed by atoms with Crippen molar-refractivity contribution in [2.45, 2.75) is 13.0 Å². The number of halogens is 1. The summed E-state index contributed by atoms with van der Waals surface area (Å²) in [4.78, 5) is 22.9. The molecule has 0 bridgehead atoms. The van der Waals surface area contributed by atoms with E-state index in [4.69, 9.17) is 11.6 Å². The molecule has 6 nitrogen and oxygen atoms in total. The predicted molar refractivity (Wildman–Crippen MR) is 73.1 cm³/mol. The maximum atomic E-state index is 11.3. The molecule has 0 aromatic heterocycles. The van der Waals surface area contributed by atoms with Crippen LogP contribution in [0, 0.1) is 10.1 Å². The minimum Gasteiger partial charge on any atom is -0.349 e. The number of nitrogens with zero attached hydrogens (tertiary/aromatic N) is 2. The van der Waals surface area contributed by atoms with E-state index in [0.717, 1.165) is 5.56 Å². The molecule has 0 unspecified atom stereocenters. The van der Waals surface area contributed by atoms with Gasteiger partial charge >= 0.3 is 0 Å². The van der Waals surface area contributed by atoms with Gasteiger partial charge in [0.25, 0.3) is 5.69 Å². The van der Waals surface area contributed by atoms with Gasteiger partial charge in [-0.25, -0.2) is 0 Å². The summed E-state index contributed by atoms with van der Waals surface area (Å²) in [5.74, 6) is 0.0438. The molecule has 1 amide bonds. The van der Waals surface area contributed by atoms with Gasteiger partial charge in [0.15, 0.2) is 0 Å². The van der Waals surface area contributed by atoms with Crippen LogP contribution >= 0.6 is 11.6 Å². The van der Waals surface area contributed by atoms with Crippen molar-refractivity contribution in [3.63, 3.8) is 0 Å². The lowest BCUT2D eigenvalue weighted by molar-refractivity contribution is -0.384. The molecule has 1 N–H and O–H groups in total. The molecule has 0 aliphatic rings. The highest BCUT2D eigenvalue weighted by atomic mass is 35.5. The van der Waals surface area contributed by atoms with Gasteiger partial charge in [0.05, 0.1) is 9.95 Å². The summed E-state index contributed by atoms with van der Waals surface area (Å²) >= 11 is 5.95. The molecule has 0 atom stereocenters. The van der Waals surface area contributed by atoms with Crippen LogP contribution < -0.4 is 5.32 Å². The predicted octanol–water partition coefficient (Wildman–Crippen LogP) is 1.82. The third-order valence-corrected chi connectivity index (χ3v) is 2.93.